The summed E-state index contributed by atoms with van der Waals surface area (Å²) < 4.78 is 0.956. The molecule has 0 radical (unpaired) electrons. The highest BCUT2D eigenvalue weighted by atomic mass is 79.9. The molecule has 2 amide bonds. The third-order valence-corrected chi connectivity index (χ3v) is 4.65. The van der Waals surface area contributed by atoms with Crippen molar-refractivity contribution in [3.05, 3.63) is 58.1 Å². The van der Waals surface area contributed by atoms with Crippen molar-refractivity contribution in [2.45, 2.75) is 20.3 Å². The van der Waals surface area contributed by atoms with Crippen LogP contribution in [0.1, 0.15) is 17.5 Å². The minimum absolute atomic E-state index is 0.00374. The summed E-state index contributed by atoms with van der Waals surface area (Å²) in [7, 11) is 0. The summed E-state index contributed by atoms with van der Waals surface area (Å²) in [5.41, 5.74) is 3.83. The van der Waals surface area contributed by atoms with Gasteiger partial charge in [0.2, 0.25) is 11.8 Å². The summed E-state index contributed by atoms with van der Waals surface area (Å²) in [6.07, 6.45) is 0.245. The normalized spacial score (nSPS) is 17.2. The monoisotopic (exact) mass is 386 g/mol. The summed E-state index contributed by atoms with van der Waals surface area (Å²) >= 11 is 3.37. The van der Waals surface area contributed by atoms with Gasteiger partial charge in [0, 0.05) is 28.8 Å². The highest BCUT2D eigenvalue weighted by Crippen LogP contribution is 2.28. The second kappa shape index (κ2) is 6.77. The van der Waals surface area contributed by atoms with Gasteiger partial charge in [-0.15, -0.1) is 0 Å². The summed E-state index contributed by atoms with van der Waals surface area (Å²) in [4.78, 5) is 26.5. The molecule has 1 fully saturated rings. The number of carbonyl (C=O) groups excluding carboxylic acids is 2. The standard InChI is InChI=1S/C19H19BrN2O2/c1-12-7-13(2)9-17(8-12)22-11-14(10-18(22)23)19(24)21-16-5-3-15(20)4-6-16/h3-9,14H,10-11H2,1-2H3,(H,21,24)/t14-/m0/s1. The van der Waals surface area contributed by atoms with E-state index in [0.717, 1.165) is 27.0 Å². The van der Waals surface area contributed by atoms with Gasteiger partial charge in [0.05, 0.1) is 5.92 Å². The average molecular weight is 387 g/mol. The SMILES string of the molecule is Cc1cc(C)cc(N2C[C@@H](C(=O)Nc3ccc(Br)cc3)CC2=O)c1. The Morgan fingerprint density at radius 3 is 2.38 bits per heavy atom. The van der Waals surface area contributed by atoms with Gasteiger partial charge >= 0.3 is 0 Å². The van der Waals surface area contributed by atoms with Crippen molar-refractivity contribution >= 4 is 39.1 Å². The smallest absolute Gasteiger partial charge is 0.229 e. The Morgan fingerprint density at radius 2 is 1.75 bits per heavy atom. The molecule has 0 unspecified atom stereocenters. The van der Waals surface area contributed by atoms with Crippen LogP contribution in [-0.2, 0) is 9.59 Å². The molecule has 2 aromatic rings. The largest absolute Gasteiger partial charge is 0.326 e. The third kappa shape index (κ3) is 3.67. The van der Waals surface area contributed by atoms with Gasteiger partial charge in [-0.1, -0.05) is 22.0 Å². The first kappa shape index (κ1) is 16.7. The van der Waals surface area contributed by atoms with Crippen molar-refractivity contribution in [3.63, 3.8) is 0 Å². The van der Waals surface area contributed by atoms with E-state index in [0.29, 0.717) is 6.54 Å². The zero-order valence-corrected chi connectivity index (χ0v) is 15.3. The average Bonchev–Trinajstić information content (AvgIpc) is 2.91. The van der Waals surface area contributed by atoms with Crippen LogP contribution in [0, 0.1) is 19.8 Å². The number of halogens is 1. The fourth-order valence-corrected chi connectivity index (χ4v) is 3.28. The van der Waals surface area contributed by atoms with E-state index < -0.39 is 0 Å². The predicted molar refractivity (Wildman–Crippen MR) is 99.1 cm³/mol. The lowest BCUT2D eigenvalue weighted by Crippen LogP contribution is -2.28. The molecular formula is C19H19BrN2O2. The van der Waals surface area contributed by atoms with Crippen LogP contribution in [0.3, 0.4) is 0 Å². The van der Waals surface area contributed by atoms with Crippen LogP contribution < -0.4 is 10.2 Å². The number of hydrogen-bond acceptors (Lipinski definition) is 2. The molecule has 1 aliphatic heterocycles. The van der Waals surface area contributed by atoms with Crippen molar-refractivity contribution in [1.29, 1.82) is 0 Å². The zero-order chi connectivity index (χ0) is 17.3. The van der Waals surface area contributed by atoms with Crippen LogP contribution in [0.15, 0.2) is 46.9 Å². The Balaban J connectivity index is 1.71. The first-order chi connectivity index (χ1) is 11.4. The van der Waals surface area contributed by atoms with Crippen LogP contribution >= 0.6 is 15.9 Å². The van der Waals surface area contributed by atoms with E-state index in [1.54, 1.807) is 4.90 Å². The molecule has 1 aliphatic rings. The molecule has 1 atom stereocenters. The van der Waals surface area contributed by atoms with E-state index in [2.05, 4.69) is 27.3 Å². The van der Waals surface area contributed by atoms with Crippen LogP contribution in [0.2, 0.25) is 0 Å². The number of anilines is 2. The van der Waals surface area contributed by atoms with Crippen LogP contribution in [0.25, 0.3) is 0 Å². The van der Waals surface area contributed by atoms with Crippen LogP contribution in [0.5, 0.6) is 0 Å². The minimum Gasteiger partial charge on any atom is -0.326 e. The number of aryl methyl sites for hydroxylation is 2. The van der Waals surface area contributed by atoms with Gasteiger partial charge in [-0.05, 0) is 61.4 Å². The number of nitrogens with zero attached hydrogens (tertiary/aromatic N) is 1. The molecular weight excluding hydrogens is 368 g/mol. The number of carbonyl (C=O) groups is 2. The summed E-state index contributed by atoms with van der Waals surface area (Å²) in [5, 5.41) is 2.89. The molecule has 0 saturated carbocycles. The molecule has 2 aromatic carbocycles. The zero-order valence-electron chi connectivity index (χ0n) is 13.7. The van der Waals surface area contributed by atoms with Crippen LogP contribution in [0.4, 0.5) is 11.4 Å². The molecule has 1 N–H and O–H groups in total. The number of rotatable bonds is 3. The fraction of sp³-hybridized carbons (Fsp3) is 0.263. The van der Waals surface area contributed by atoms with E-state index in [-0.39, 0.29) is 24.2 Å². The van der Waals surface area contributed by atoms with E-state index in [4.69, 9.17) is 0 Å². The second-order valence-electron chi connectivity index (χ2n) is 6.25. The Labute approximate surface area is 150 Å². The molecule has 0 bridgehead atoms. The molecule has 0 aromatic heterocycles. The maximum absolute atomic E-state index is 12.5. The number of nitrogens with one attached hydrogen (secondary N) is 1. The highest BCUT2D eigenvalue weighted by molar-refractivity contribution is 9.10. The van der Waals surface area contributed by atoms with E-state index >= 15 is 0 Å². The first-order valence-electron chi connectivity index (χ1n) is 7.87. The quantitative estimate of drug-likeness (QED) is 0.864. The van der Waals surface area contributed by atoms with Gasteiger partial charge in [-0.3, -0.25) is 9.59 Å². The number of benzene rings is 2. The lowest BCUT2D eigenvalue weighted by atomic mass is 10.1. The van der Waals surface area contributed by atoms with Crippen molar-refractivity contribution in [2.75, 3.05) is 16.8 Å². The predicted octanol–water partition coefficient (Wildman–Crippen LogP) is 4.06. The van der Waals surface area contributed by atoms with E-state index in [1.807, 2.05) is 50.2 Å². The second-order valence-corrected chi connectivity index (χ2v) is 7.16. The summed E-state index contributed by atoms with van der Waals surface area (Å²) in [6, 6.07) is 13.5. The Bertz CT molecular complexity index is 766. The number of amides is 2. The summed E-state index contributed by atoms with van der Waals surface area (Å²) in [5.74, 6) is -0.449. The lowest BCUT2D eigenvalue weighted by molar-refractivity contribution is -0.122. The van der Waals surface area contributed by atoms with Gasteiger partial charge in [0.25, 0.3) is 0 Å². The third-order valence-electron chi connectivity index (χ3n) is 4.13. The molecule has 1 saturated heterocycles. The minimum atomic E-state index is -0.332. The Kier molecular flexibility index (Phi) is 4.71. The molecule has 3 rings (SSSR count). The van der Waals surface area contributed by atoms with Gasteiger partial charge in [-0.2, -0.15) is 0 Å². The van der Waals surface area contributed by atoms with Crippen molar-refractivity contribution in [2.24, 2.45) is 5.92 Å². The lowest BCUT2D eigenvalue weighted by Gasteiger charge is -2.18. The van der Waals surface area contributed by atoms with Crippen molar-refractivity contribution < 1.29 is 9.59 Å². The molecule has 4 nitrogen and oxygen atoms in total. The molecule has 124 valence electrons. The molecule has 0 aliphatic carbocycles. The number of hydrogen-bond donors (Lipinski definition) is 1. The maximum Gasteiger partial charge on any atom is 0.229 e. The van der Waals surface area contributed by atoms with E-state index in [1.165, 1.54) is 0 Å². The van der Waals surface area contributed by atoms with Crippen molar-refractivity contribution in [1.82, 2.24) is 0 Å². The maximum atomic E-state index is 12.5. The highest BCUT2D eigenvalue weighted by Gasteiger charge is 2.35. The summed E-state index contributed by atoms with van der Waals surface area (Å²) in [6.45, 7) is 4.44. The molecule has 0 spiro atoms. The van der Waals surface area contributed by atoms with Gasteiger partial charge in [0.15, 0.2) is 0 Å². The Hall–Kier alpha value is -2.14. The van der Waals surface area contributed by atoms with Crippen LogP contribution in [-0.4, -0.2) is 18.4 Å². The fourth-order valence-electron chi connectivity index (χ4n) is 3.02. The molecule has 1 heterocycles. The Morgan fingerprint density at radius 1 is 1.12 bits per heavy atom. The first-order valence-corrected chi connectivity index (χ1v) is 8.67. The van der Waals surface area contributed by atoms with Gasteiger partial charge in [0.1, 0.15) is 0 Å². The van der Waals surface area contributed by atoms with E-state index in [9.17, 15) is 9.59 Å². The molecule has 5 heteroatoms. The van der Waals surface area contributed by atoms with Gasteiger partial charge in [-0.25, -0.2) is 0 Å². The molecule has 24 heavy (non-hydrogen) atoms. The topological polar surface area (TPSA) is 49.4 Å². The van der Waals surface area contributed by atoms with Gasteiger partial charge < -0.3 is 10.2 Å². The van der Waals surface area contributed by atoms with Crippen molar-refractivity contribution in [3.8, 4) is 0 Å².